The molecule has 21 heavy (non-hydrogen) atoms. The minimum absolute atomic E-state index is 0.0516. The summed E-state index contributed by atoms with van der Waals surface area (Å²) in [4.78, 5) is -0.0516. The predicted octanol–water partition coefficient (Wildman–Crippen LogP) is 4.04. The molecule has 0 aliphatic heterocycles. The second-order valence-corrected chi connectivity index (χ2v) is 6.62. The minimum Gasteiger partial charge on any atom is -0.278 e. The lowest BCUT2D eigenvalue weighted by molar-refractivity contribution is 0.597. The van der Waals surface area contributed by atoms with Crippen molar-refractivity contribution in [2.24, 2.45) is 0 Å². The van der Waals surface area contributed by atoms with Crippen molar-refractivity contribution in [2.45, 2.75) is 18.7 Å². The number of hydrogen-bond acceptors (Lipinski definition) is 2. The highest BCUT2D eigenvalue weighted by Gasteiger charge is 2.21. The Balaban J connectivity index is 2.51. The number of nitrogens with one attached hydrogen (secondary N) is 1. The van der Waals surface area contributed by atoms with Gasteiger partial charge in [-0.1, -0.05) is 11.6 Å². The number of halogens is 3. The second kappa shape index (κ2) is 5.61. The smallest absolute Gasteiger partial charge is 0.262 e. The van der Waals surface area contributed by atoms with Gasteiger partial charge in [-0.25, -0.2) is 17.2 Å². The molecule has 2 aromatic rings. The van der Waals surface area contributed by atoms with Crippen LogP contribution in [0.3, 0.4) is 0 Å². The highest BCUT2D eigenvalue weighted by Crippen LogP contribution is 2.28. The number of aryl methyl sites for hydroxylation is 2. The van der Waals surface area contributed by atoms with Crippen LogP contribution >= 0.6 is 11.6 Å². The minimum atomic E-state index is -4.00. The van der Waals surface area contributed by atoms with Gasteiger partial charge in [-0.3, -0.25) is 4.72 Å². The van der Waals surface area contributed by atoms with Gasteiger partial charge in [-0.05, 0) is 55.3 Å². The highest BCUT2D eigenvalue weighted by molar-refractivity contribution is 7.92. The van der Waals surface area contributed by atoms with E-state index in [0.29, 0.717) is 0 Å². The molecular weight excluding hydrogens is 320 g/mol. The third kappa shape index (κ3) is 3.33. The zero-order valence-electron chi connectivity index (χ0n) is 11.2. The second-order valence-electron chi connectivity index (χ2n) is 4.60. The van der Waals surface area contributed by atoms with Crippen LogP contribution in [-0.4, -0.2) is 8.42 Å². The Labute approximate surface area is 126 Å². The summed E-state index contributed by atoms with van der Waals surface area (Å²) in [7, 11) is -4.00. The van der Waals surface area contributed by atoms with Crippen molar-refractivity contribution in [3.63, 3.8) is 0 Å². The van der Waals surface area contributed by atoms with E-state index in [9.17, 15) is 17.2 Å². The topological polar surface area (TPSA) is 46.2 Å². The fourth-order valence-corrected chi connectivity index (χ4v) is 3.84. The Morgan fingerprint density at radius 2 is 1.57 bits per heavy atom. The first kappa shape index (κ1) is 15.7. The van der Waals surface area contributed by atoms with E-state index in [4.69, 9.17) is 11.6 Å². The molecule has 7 heteroatoms. The number of sulfonamides is 1. The fraction of sp³-hybridized carbons (Fsp3) is 0.143. The summed E-state index contributed by atoms with van der Waals surface area (Å²) in [6, 6.07) is 5.59. The van der Waals surface area contributed by atoms with E-state index in [0.717, 1.165) is 24.3 Å². The molecule has 2 rings (SSSR count). The van der Waals surface area contributed by atoms with Crippen molar-refractivity contribution in [3.05, 3.63) is 58.1 Å². The van der Waals surface area contributed by atoms with E-state index >= 15 is 0 Å². The summed E-state index contributed by atoms with van der Waals surface area (Å²) in [6.07, 6.45) is 0. The number of anilines is 1. The average molecular weight is 332 g/mol. The van der Waals surface area contributed by atoms with Gasteiger partial charge in [0, 0.05) is 0 Å². The summed E-state index contributed by atoms with van der Waals surface area (Å²) >= 11 is 5.84. The van der Waals surface area contributed by atoms with Gasteiger partial charge < -0.3 is 0 Å². The monoisotopic (exact) mass is 331 g/mol. The largest absolute Gasteiger partial charge is 0.278 e. The molecule has 0 aliphatic rings. The summed E-state index contributed by atoms with van der Waals surface area (Å²) in [5.41, 5.74) is 0.444. The summed E-state index contributed by atoms with van der Waals surface area (Å²) in [6.45, 7) is 2.97. The first-order chi connectivity index (χ1) is 9.70. The molecule has 2 aromatic carbocycles. The molecule has 0 saturated carbocycles. The van der Waals surface area contributed by atoms with Gasteiger partial charge >= 0.3 is 0 Å². The Bertz CT molecular complexity index is 784. The maximum atomic E-state index is 13.3. The van der Waals surface area contributed by atoms with E-state index in [-0.39, 0.29) is 26.7 Å². The van der Waals surface area contributed by atoms with E-state index in [1.165, 1.54) is 19.9 Å². The van der Waals surface area contributed by atoms with Crippen LogP contribution in [0.2, 0.25) is 5.02 Å². The molecule has 0 amide bonds. The van der Waals surface area contributed by atoms with Crippen LogP contribution in [0.1, 0.15) is 11.1 Å². The van der Waals surface area contributed by atoms with Crippen molar-refractivity contribution in [1.82, 2.24) is 0 Å². The van der Waals surface area contributed by atoms with Crippen LogP contribution in [0.15, 0.2) is 35.2 Å². The lowest BCUT2D eigenvalue weighted by Crippen LogP contribution is -2.16. The van der Waals surface area contributed by atoms with Crippen LogP contribution in [0.5, 0.6) is 0 Å². The molecule has 0 radical (unpaired) electrons. The molecule has 1 N–H and O–H groups in total. The van der Waals surface area contributed by atoms with E-state index in [1.807, 2.05) is 0 Å². The van der Waals surface area contributed by atoms with Gasteiger partial charge in [0.2, 0.25) is 0 Å². The van der Waals surface area contributed by atoms with E-state index < -0.39 is 21.7 Å². The van der Waals surface area contributed by atoms with Crippen LogP contribution in [0, 0.1) is 25.5 Å². The molecular formula is C14H12ClF2NO2S. The maximum Gasteiger partial charge on any atom is 0.262 e. The van der Waals surface area contributed by atoms with Crippen molar-refractivity contribution < 1.29 is 17.2 Å². The first-order valence-electron chi connectivity index (χ1n) is 5.95. The first-order valence-corrected chi connectivity index (χ1v) is 7.81. The van der Waals surface area contributed by atoms with Crippen LogP contribution < -0.4 is 4.72 Å². The Morgan fingerprint density at radius 1 is 1.00 bits per heavy atom. The maximum absolute atomic E-state index is 13.3. The SMILES string of the molecule is Cc1cc(F)cc(C)c1S(=O)(=O)Nc1cc(F)ccc1Cl. The van der Waals surface area contributed by atoms with Crippen molar-refractivity contribution in [1.29, 1.82) is 0 Å². The Morgan fingerprint density at radius 3 is 2.14 bits per heavy atom. The zero-order valence-corrected chi connectivity index (χ0v) is 12.8. The normalized spacial score (nSPS) is 11.5. The lowest BCUT2D eigenvalue weighted by Gasteiger charge is -2.14. The number of rotatable bonds is 3. The molecule has 0 aliphatic carbocycles. The van der Waals surface area contributed by atoms with Crippen molar-refractivity contribution in [2.75, 3.05) is 4.72 Å². The third-order valence-electron chi connectivity index (χ3n) is 2.87. The molecule has 0 atom stereocenters. The molecule has 0 spiro atoms. The van der Waals surface area contributed by atoms with Gasteiger partial charge in [-0.2, -0.15) is 0 Å². The van der Waals surface area contributed by atoms with Gasteiger partial charge in [0.05, 0.1) is 15.6 Å². The molecule has 0 unspecified atom stereocenters. The molecule has 0 heterocycles. The molecule has 0 bridgehead atoms. The van der Waals surface area contributed by atoms with Crippen LogP contribution in [0.25, 0.3) is 0 Å². The molecule has 0 aromatic heterocycles. The van der Waals surface area contributed by atoms with E-state index in [1.54, 1.807) is 0 Å². The third-order valence-corrected chi connectivity index (χ3v) is 4.87. The van der Waals surface area contributed by atoms with Gasteiger partial charge in [0.1, 0.15) is 11.6 Å². The van der Waals surface area contributed by atoms with Gasteiger partial charge in [0.25, 0.3) is 10.0 Å². The van der Waals surface area contributed by atoms with Gasteiger partial charge in [-0.15, -0.1) is 0 Å². The quantitative estimate of drug-likeness (QED) is 0.922. The molecule has 3 nitrogen and oxygen atoms in total. The Kier molecular flexibility index (Phi) is 4.20. The van der Waals surface area contributed by atoms with Crippen molar-refractivity contribution in [3.8, 4) is 0 Å². The standard InChI is InChI=1S/C14H12ClF2NO2S/c1-8-5-11(17)6-9(2)14(8)21(19,20)18-13-7-10(16)3-4-12(13)15/h3-7,18H,1-2H3. The Hall–Kier alpha value is -1.66. The lowest BCUT2D eigenvalue weighted by atomic mass is 10.1. The summed E-state index contributed by atoms with van der Waals surface area (Å²) < 4.78 is 53.5. The number of benzene rings is 2. The zero-order chi connectivity index (χ0) is 15.8. The highest BCUT2D eigenvalue weighted by atomic mass is 35.5. The average Bonchev–Trinajstić information content (AvgIpc) is 2.31. The summed E-state index contributed by atoms with van der Waals surface area (Å²) in [5, 5.41) is 0.0670. The predicted molar refractivity (Wildman–Crippen MR) is 78.1 cm³/mol. The van der Waals surface area contributed by atoms with Crippen molar-refractivity contribution >= 4 is 27.3 Å². The summed E-state index contributed by atoms with van der Waals surface area (Å²) in [5.74, 6) is -1.14. The number of hydrogen-bond donors (Lipinski definition) is 1. The van der Waals surface area contributed by atoms with Crippen LogP contribution in [0.4, 0.5) is 14.5 Å². The van der Waals surface area contributed by atoms with E-state index in [2.05, 4.69) is 4.72 Å². The molecule has 0 saturated heterocycles. The van der Waals surface area contributed by atoms with Gasteiger partial charge in [0.15, 0.2) is 0 Å². The molecule has 112 valence electrons. The fourth-order valence-electron chi connectivity index (χ4n) is 2.09. The molecule has 0 fully saturated rings. The van der Waals surface area contributed by atoms with Crippen LogP contribution in [-0.2, 0) is 10.0 Å².